The van der Waals surface area contributed by atoms with Crippen LogP contribution in [0, 0.1) is 12.8 Å². The molecule has 1 N–H and O–H groups in total. The number of aryl methyl sites for hydroxylation is 1. The van der Waals surface area contributed by atoms with Gasteiger partial charge in [-0.15, -0.1) is 5.10 Å². The van der Waals surface area contributed by atoms with Gasteiger partial charge in [-0.1, -0.05) is 34.9 Å². The zero-order chi connectivity index (χ0) is 27.3. The van der Waals surface area contributed by atoms with Crippen LogP contribution in [0.5, 0.6) is 0 Å². The lowest BCUT2D eigenvalue weighted by Gasteiger charge is -2.45. The minimum absolute atomic E-state index is 0.0830. The van der Waals surface area contributed by atoms with Gasteiger partial charge in [0.05, 0.1) is 10.6 Å². The lowest BCUT2D eigenvalue weighted by molar-refractivity contribution is -0.124. The van der Waals surface area contributed by atoms with E-state index in [1.54, 1.807) is 6.92 Å². The average Bonchev–Trinajstić information content (AvgIpc) is 3.43. The molecule has 0 atom stereocenters. The van der Waals surface area contributed by atoms with Gasteiger partial charge in [0.1, 0.15) is 11.1 Å². The molecular weight excluding hydrogens is 530 g/mol. The quantitative estimate of drug-likeness (QED) is 0.478. The van der Waals surface area contributed by atoms with E-state index >= 15 is 0 Å². The summed E-state index contributed by atoms with van der Waals surface area (Å²) in [5.74, 6) is 0.223. The van der Waals surface area contributed by atoms with Gasteiger partial charge in [0.25, 0.3) is 12.3 Å². The summed E-state index contributed by atoms with van der Waals surface area (Å²) < 4.78 is 32.2. The van der Waals surface area contributed by atoms with E-state index < -0.39 is 23.4 Å². The summed E-state index contributed by atoms with van der Waals surface area (Å²) in [4.78, 5) is 34.0. The van der Waals surface area contributed by atoms with Crippen LogP contribution in [-0.4, -0.2) is 52.7 Å². The molecule has 0 bridgehead atoms. The Balaban J connectivity index is 1.09. The summed E-state index contributed by atoms with van der Waals surface area (Å²) in [6.07, 6.45) is 1.21. The number of para-hydroxylation sites is 1. The fraction of sp³-hybridized carbons (Fsp3) is 0.444. The van der Waals surface area contributed by atoms with Gasteiger partial charge < -0.3 is 19.5 Å². The third-order valence-corrected chi connectivity index (χ3v) is 8.24. The van der Waals surface area contributed by atoms with Crippen LogP contribution in [0.4, 0.5) is 20.5 Å². The van der Waals surface area contributed by atoms with E-state index in [1.165, 1.54) is 6.07 Å². The highest BCUT2D eigenvalue weighted by molar-refractivity contribution is 6.30. The number of halogens is 3. The van der Waals surface area contributed by atoms with Crippen LogP contribution >= 0.6 is 11.6 Å². The number of alkyl halides is 2. The van der Waals surface area contributed by atoms with E-state index in [0.29, 0.717) is 44.4 Å². The topological polar surface area (TPSA) is 104 Å². The van der Waals surface area contributed by atoms with Crippen molar-refractivity contribution in [2.24, 2.45) is 5.92 Å². The van der Waals surface area contributed by atoms with Crippen LogP contribution in [-0.2, 0) is 10.2 Å². The molecule has 2 aliphatic heterocycles. The van der Waals surface area contributed by atoms with Crippen molar-refractivity contribution in [2.75, 3.05) is 29.4 Å². The smallest absolute Gasteiger partial charge is 0.318 e. The van der Waals surface area contributed by atoms with E-state index in [4.69, 9.17) is 16.0 Å². The van der Waals surface area contributed by atoms with Crippen molar-refractivity contribution in [3.8, 4) is 0 Å². The molecule has 6 rings (SSSR count). The Kier molecular flexibility index (Phi) is 6.49. The number of nitrogens with one attached hydrogen (secondary N) is 1. The molecule has 2 amide bonds. The van der Waals surface area contributed by atoms with Gasteiger partial charge >= 0.3 is 6.01 Å². The number of benzene rings is 1. The van der Waals surface area contributed by atoms with Gasteiger partial charge in [0.2, 0.25) is 11.8 Å². The molecule has 2 aromatic heterocycles. The number of rotatable bonds is 6. The van der Waals surface area contributed by atoms with Crippen molar-refractivity contribution in [1.82, 2.24) is 20.5 Å². The predicted molar refractivity (Wildman–Crippen MR) is 139 cm³/mol. The number of carbonyl (C=O) groups is 2. The molecule has 9 nitrogen and oxygen atoms in total. The number of pyridine rings is 1. The lowest BCUT2D eigenvalue weighted by Crippen LogP contribution is -2.64. The second kappa shape index (κ2) is 9.86. The molecule has 3 aromatic rings. The Hall–Kier alpha value is -3.60. The molecular formula is C27H27ClF2N6O3. The molecule has 4 heterocycles. The van der Waals surface area contributed by atoms with Crippen LogP contribution in [0.1, 0.15) is 59.6 Å². The zero-order valence-electron chi connectivity index (χ0n) is 21.2. The van der Waals surface area contributed by atoms with Crippen LogP contribution < -0.4 is 15.1 Å². The molecule has 3 aliphatic rings. The SMILES string of the molecule is Cc1nnc(N2CC3(C2)C(=O)N(CC2CCC(NC(=O)c4cc(Cl)cnc4C(F)F)CC2)c2ccccc23)o1. The lowest BCUT2D eigenvalue weighted by atomic mass is 9.75. The van der Waals surface area contributed by atoms with Crippen molar-refractivity contribution < 1.29 is 22.8 Å². The Bertz CT molecular complexity index is 1420. The summed E-state index contributed by atoms with van der Waals surface area (Å²) in [6.45, 7) is 3.29. The summed E-state index contributed by atoms with van der Waals surface area (Å²) in [5, 5.41) is 11.0. The van der Waals surface area contributed by atoms with E-state index in [0.717, 1.165) is 30.3 Å². The third kappa shape index (κ3) is 4.52. The van der Waals surface area contributed by atoms with Crippen LogP contribution in [0.3, 0.4) is 0 Å². The second-order valence-electron chi connectivity index (χ2n) is 10.6. The maximum Gasteiger partial charge on any atom is 0.318 e. The molecule has 1 aromatic carbocycles. The largest absolute Gasteiger partial charge is 0.408 e. The molecule has 39 heavy (non-hydrogen) atoms. The molecule has 1 saturated carbocycles. The monoisotopic (exact) mass is 556 g/mol. The van der Waals surface area contributed by atoms with Gasteiger partial charge in [-0.3, -0.25) is 14.6 Å². The number of anilines is 2. The number of hydrogen-bond donors (Lipinski definition) is 1. The normalized spacial score (nSPS) is 21.8. The maximum absolute atomic E-state index is 13.8. The molecule has 1 spiro atoms. The van der Waals surface area contributed by atoms with E-state index in [9.17, 15) is 18.4 Å². The standard InChI is InChI=1S/C27H27ClF2N6O3/c1-15-33-34-26(39-15)35-13-27(14-35)20-4-2-3-5-21(20)36(25(27)38)12-16-6-8-18(9-7-16)32-24(37)19-10-17(28)11-31-22(19)23(29)30/h2-5,10-11,16,18,23H,6-9,12-14H2,1H3,(H,32,37). The Labute approximate surface area is 228 Å². The van der Waals surface area contributed by atoms with E-state index in [1.807, 2.05) is 34.1 Å². The highest BCUT2D eigenvalue weighted by Crippen LogP contribution is 2.48. The number of carbonyl (C=O) groups excluding carboxylic acids is 2. The molecule has 12 heteroatoms. The Morgan fingerprint density at radius 2 is 1.95 bits per heavy atom. The first-order valence-electron chi connectivity index (χ1n) is 13.0. The summed E-state index contributed by atoms with van der Waals surface area (Å²) in [6, 6.07) is 9.42. The summed E-state index contributed by atoms with van der Waals surface area (Å²) in [5.41, 5.74) is 0.557. The average molecular weight is 557 g/mol. The highest BCUT2D eigenvalue weighted by Gasteiger charge is 2.59. The van der Waals surface area contributed by atoms with Crippen molar-refractivity contribution in [3.63, 3.8) is 0 Å². The fourth-order valence-electron chi connectivity index (χ4n) is 6.05. The molecule has 1 aliphatic carbocycles. The first kappa shape index (κ1) is 25.7. The van der Waals surface area contributed by atoms with Crippen LogP contribution in [0.2, 0.25) is 5.02 Å². The minimum Gasteiger partial charge on any atom is -0.408 e. The van der Waals surface area contributed by atoms with E-state index in [2.05, 4.69) is 20.5 Å². The Morgan fingerprint density at radius 3 is 2.64 bits per heavy atom. The molecule has 2 fully saturated rings. The second-order valence-corrected chi connectivity index (χ2v) is 11.0. The highest BCUT2D eigenvalue weighted by atomic mass is 35.5. The Morgan fingerprint density at radius 1 is 1.21 bits per heavy atom. The maximum atomic E-state index is 13.8. The minimum atomic E-state index is -2.87. The number of hydrogen-bond acceptors (Lipinski definition) is 7. The first-order valence-corrected chi connectivity index (χ1v) is 13.3. The molecule has 204 valence electrons. The van der Waals surface area contributed by atoms with Crippen molar-refractivity contribution in [2.45, 2.75) is 50.5 Å². The van der Waals surface area contributed by atoms with Gasteiger partial charge in [0, 0.05) is 44.5 Å². The van der Waals surface area contributed by atoms with E-state index in [-0.39, 0.29) is 28.5 Å². The predicted octanol–water partition coefficient (Wildman–Crippen LogP) is 4.46. The van der Waals surface area contributed by atoms with Crippen LogP contribution in [0.25, 0.3) is 0 Å². The van der Waals surface area contributed by atoms with Gasteiger partial charge in [-0.05, 0) is 49.3 Å². The van der Waals surface area contributed by atoms with Crippen molar-refractivity contribution in [3.05, 3.63) is 64.3 Å². The van der Waals surface area contributed by atoms with Crippen molar-refractivity contribution in [1.29, 1.82) is 0 Å². The van der Waals surface area contributed by atoms with Crippen LogP contribution in [0.15, 0.2) is 40.9 Å². The first-order chi connectivity index (χ1) is 18.7. The molecule has 0 unspecified atom stereocenters. The molecule has 0 radical (unpaired) electrons. The number of nitrogens with zero attached hydrogens (tertiary/aromatic N) is 5. The zero-order valence-corrected chi connectivity index (χ0v) is 22.0. The summed E-state index contributed by atoms with van der Waals surface area (Å²) in [7, 11) is 0. The van der Waals surface area contributed by atoms with Gasteiger partial charge in [-0.2, -0.15) is 0 Å². The van der Waals surface area contributed by atoms with Crippen molar-refractivity contribution >= 4 is 35.1 Å². The summed E-state index contributed by atoms with van der Waals surface area (Å²) >= 11 is 5.90. The van der Waals surface area contributed by atoms with Gasteiger partial charge in [0.15, 0.2) is 0 Å². The molecule has 1 saturated heterocycles. The number of fused-ring (bicyclic) bond motifs is 2. The van der Waals surface area contributed by atoms with Gasteiger partial charge in [-0.25, -0.2) is 8.78 Å². The third-order valence-electron chi connectivity index (χ3n) is 8.03. The fourth-order valence-corrected chi connectivity index (χ4v) is 6.21. The number of aromatic nitrogens is 3. The number of amides is 2.